The highest BCUT2D eigenvalue weighted by atomic mass is 19.4. The summed E-state index contributed by atoms with van der Waals surface area (Å²) in [5, 5.41) is 2.67. The van der Waals surface area contributed by atoms with Crippen molar-refractivity contribution in [2.75, 3.05) is 5.32 Å². The summed E-state index contributed by atoms with van der Waals surface area (Å²) in [5.41, 5.74) is 1.28. The van der Waals surface area contributed by atoms with Crippen LogP contribution in [0.5, 0.6) is 0 Å². The third-order valence-corrected chi connectivity index (χ3v) is 3.30. The van der Waals surface area contributed by atoms with Gasteiger partial charge in [-0.15, -0.1) is 0 Å². The highest BCUT2D eigenvalue weighted by Crippen LogP contribution is 2.32. The van der Waals surface area contributed by atoms with Gasteiger partial charge in [0.25, 0.3) is 0 Å². The standard InChI is InChI=1S/C16H11F3N2O/c1-9-5-6-13-12(7-9)14(22)15(21-13)20-11-4-2-3-10(8-11)16(17,18)19/h2-8H,1H3,(H,20,21,22). The molecule has 3 nitrogen and oxygen atoms in total. The van der Waals surface area contributed by atoms with Crippen LogP contribution in [-0.4, -0.2) is 11.6 Å². The van der Waals surface area contributed by atoms with E-state index >= 15 is 0 Å². The first kappa shape index (κ1) is 14.3. The molecule has 0 atom stereocenters. The molecule has 1 N–H and O–H groups in total. The maximum Gasteiger partial charge on any atom is 0.416 e. The number of aliphatic imine (C=N–C) groups is 1. The number of rotatable bonds is 1. The lowest BCUT2D eigenvalue weighted by atomic mass is 10.1. The average Bonchev–Trinajstić information content (AvgIpc) is 2.75. The minimum Gasteiger partial charge on any atom is -0.337 e. The van der Waals surface area contributed by atoms with E-state index in [0.29, 0.717) is 11.3 Å². The molecule has 0 unspecified atom stereocenters. The van der Waals surface area contributed by atoms with Crippen LogP contribution in [0.4, 0.5) is 24.5 Å². The van der Waals surface area contributed by atoms with Crippen LogP contribution in [0.3, 0.4) is 0 Å². The van der Waals surface area contributed by atoms with Crippen molar-refractivity contribution >= 4 is 23.0 Å². The molecule has 3 rings (SSSR count). The van der Waals surface area contributed by atoms with E-state index in [1.807, 2.05) is 13.0 Å². The Balaban J connectivity index is 1.88. The number of nitrogens with zero attached hydrogens (tertiary/aromatic N) is 1. The normalized spacial score (nSPS) is 13.8. The number of amidine groups is 1. The van der Waals surface area contributed by atoms with Crippen molar-refractivity contribution in [1.29, 1.82) is 0 Å². The van der Waals surface area contributed by atoms with Crippen molar-refractivity contribution in [2.45, 2.75) is 13.1 Å². The summed E-state index contributed by atoms with van der Waals surface area (Å²) in [6.07, 6.45) is -4.43. The molecular weight excluding hydrogens is 293 g/mol. The number of anilines is 1. The van der Waals surface area contributed by atoms with Gasteiger partial charge in [0.2, 0.25) is 5.78 Å². The van der Waals surface area contributed by atoms with Crippen molar-refractivity contribution < 1.29 is 18.0 Å². The third-order valence-electron chi connectivity index (χ3n) is 3.30. The number of alkyl halides is 3. The summed E-state index contributed by atoms with van der Waals surface area (Å²) in [7, 11) is 0. The number of halogens is 3. The molecule has 112 valence electrons. The van der Waals surface area contributed by atoms with Gasteiger partial charge in [-0.1, -0.05) is 17.7 Å². The second-order valence-electron chi connectivity index (χ2n) is 5.01. The third kappa shape index (κ3) is 2.59. The number of hydrogen-bond acceptors (Lipinski definition) is 3. The fourth-order valence-corrected chi connectivity index (χ4v) is 2.22. The minimum absolute atomic E-state index is 0.0277. The first-order chi connectivity index (χ1) is 10.3. The van der Waals surface area contributed by atoms with Gasteiger partial charge in [-0.25, -0.2) is 4.99 Å². The van der Waals surface area contributed by atoms with Crippen molar-refractivity contribution in [3.8, 4) is 0 Å². The predicted octanol–water partition coefficient (Wildman–Crippen LogP) is 4.35. The summed E-state index contributed by atoms with van der Waals surface area (Å²) in [4.78, 5) is 16.4. The van der Waals surface area contributed by atoms with Crippen LogP contribution < -0.4 is 5.32 Å². The van der Waals surface area contributed by atoms with Gasteiger partial charge in [0.15, 0.2) is 5.84 Å². The number of ketones is 1. The van der Waals surface area contributed by atoms with Crippen molar-refractivity contribution in [2.24, 2.45) is 4.99 Å². The molecule has 0 aliphatic carbocycles. The Labute approximate surface area is 124 Å². The Hall–Kier alpha value is -2.63. The topological polar surface area (TPSA) is 41.5 Å². The number of nitrogens with one attached hydrogen (secondary N) is 1. The number of carbonyl (C=O) groups excluding carboxylic acids is 1. The SMILES string of the molecule is Cc1ccc2c(c1)C(=O)C(Nc1cccc(C(F)(F)F)c1)=N2. The van der Waals surface area contributed by atoms with Gasteiger partial charge in [-0.2, -0.15) is 13.2 Å². The molecule has 6 heteroatoms. The maximum atomic E-state index is 12.7. The molecule has 0 fully saturated rings. The van der Waals surface area contributed by atoms with E-state index in [0.717, 1.165) is 17.7 Å². The Kier molecular flexibility index (Phi) is 3.24. The highest BCUT2D eigenvalue weighted by Gasteiger charge is 2.31. The number of hydrogen-bond donors (Lipinski definition) is 1. The lowest BCUT2D eigenvalue weighted by molar-refractivity contribution is -0.137. The fraction of sp³-hybridized carbons (Fsp3) is 0.125. The van der Waals surface area contributed by atoms with E-state index in [2.05, 4.69) is 10.3 Å². The summed E-state index contributed by atoms with van der Waals surface area (Å²) >= 11 is 0. The molecular formula is C16H11F3N2O. The van der Waals surface area contributed by atoms with Crippen LogP contribution in [0.2, 0.25) is 0 Å². The largest absolute Gasteiger partial charge is 0.416 e. The molecule has 1 aliphatic rings. The number of aryl methyl sites for hydroxylation is 1. The zero-order valence-corrected chi connectivity index (χ0v) is 11.5. The molecule has 1 aliphatic heterocycles. The molecule has 0 saturated heterocycles. The van der Waals surface area contributed by atoms with Crippen LogP contribution in [0.15, 0.2) is 47.5 Å². The molecule has 1 heterocycles. The van der Waals surface area contributed by atoms with Gasteiger partial charge in [0, 0.05) is 5.69 Å². The summed E-state index contributed by atoms with van der Waals surface area (Å²) in [6.45, 7) is 1.85. The number of carbonyl (C=O) groups is 1. The Morgan fingerprint density at radius 3 is 2.59 bits per heavy atom. The zero-order chi connectivity index (χ0) is 15.9. The highest BCUT2D eigenvalue weighted by molar-refractivity contribution is 6.52. The van der Waals surface area contributed by atoms with Crippen LogP contribution >= 0.6 is 0 Å². The molecule has 0 spiro atoms. The molecule has 2 aromatic rings. The van der Waals surface area contributed by atoms with E-state index in [1.165, 1.54) is 12.1 Å². The van der Waals surface area contributed by atoms with Crippen molar-refractivity contribution in [1.82, 2.24) is 0 Å². The molecule has 0 aromatic heterocycles. The van der Waals surface area contributed by atoms with E-state index in [1.54, 1.807) is 12.1 Å². The van der Waals surface area contributed by atoms with Gasteiger partial charge in [-0.3, -0.25) is 4.79 Å². The first-order valence-electron chi connectivity index (χ1n) is 6.53. The van der Waals surface area contributed by atoms with E-state index in [4.69, 9.17) is 0 Å². The Morgan fingerprint density at radius 2 is 1.86 bits per heavy atom. The Morgan fingerprint density at radius 1 is 1.09 bits per heavy atom. The van der Waals surface area contributed by atoms with Crippen LogP contribution in [-0.2, 0) is 6.18 Å². The van der Waals surface area contributed by atoms with Gasteiger partial charge < -0.3 is 5.32 Å². The quantitative estimate of drug-likeness (QED) is 0.851. The van der Waals surface area contributed by atoms with Gasteiger partial charge in [0.05, 0.1) is 16.8 Å². The summed E-state index contributed by atoms with van der Waals surface area (Å²) < 4.78 is 38.1. The molecule has 0 saturated carbocycles. The minimum atomic E-state index is -4.43. The number of fused-ring (bicyclic) bond motifs is 1. The smallest absolute Gasteiger partial charge is 0.337 e. The summed E-state index contributed by atoms with van der Waals surface area (Å²) in [5.74, 6) is -0.295. The molecule has 22 heavy (non-hydrogen) atoms. The van der Waals surface area contributed by atoms with Crippen LogP contribution in [0.1, 0.15) is 21.5 Å². The van der Waals surface area contributed by atoms with E-state index < -0.39 is 11.7 Å². The molecule has 0 bridgehead atoms. The zero-order valence-electron chi connectivity index (χ0n) is 11.5. The molecule has 0 radical (unpaired) electrons. The van der Waals surface area contributed by atoms with Gasteiger partial charge in [0.1, 0.15) is 0 Å². The van der Waals surface area contributed by atoms with Crippen molar-refractivity contribution in [3.63, 3.8) is 0 Å². The maximum absolute atomic E-state index is 12.7. The first-order valence-corrected chi connectivity index (χ1v) is 6.53. The van der Waals surface area contributed by atoms with Crippen LogP contribution in [0, 0.1) is 6.92 Å². The second kappa shape index (κ2) is 4.98. The van der Waals surface area contributed by atoms with Crippen LogP contribution in [0.25, 0.3) is 0 Å². The molecule has 0 amide bonds. The summed E-state index contributed by atoms with van der Waals surface area (Å²) in [6, 6.07) is 9.90. The number of Topliss-reactive ketones (excluding diaryl/α,β-unsaturated/α-hetero) is 1. The number of benzene rings is 2. The van der Waals surface area contributed by atoms with Gasteiger partial charge >= 0.3 is 6.18 Å². The second-order valence-corrected chi connectivity index (χ2v) is 5.01. The lowest BCUT2D eigenvalue weighted by Crippen LogP contribution is -2.20. The lowest BCUT2D eigenvalue weighted by Gasteiger charge is -2.09. The average molecular weight is 304 g/mol. The van der Waals surface area contributed by atoms with Crippen molar-refractivity contribution in [3.05, 3.63) is 59.2 Å². The fourth-order valence-electron chi connectivity index (χ4n) is 2.22. The predicted molar refractivity (Wildman–Crippen MR) is 77.7 cm³/mol. The van der Waals surface area contributed by atoms with E-state index in [-0.39, 0.29) is 17.3 Å². The Bertz CT molecular complexity index is 794. The van der Waals surface area contributed by atoms with Gasteiger partial charge in [-0.05, 0) is 37.3 Å². The molecule has 2 aromatic carbocycles. The monoisotopic (exact) mass is 304 g/mol. The van der Waals surface area contributed by atoms with E-state index in [9.17, 15) is 18.0 Å².